The molecule has 8 heteroatoms. The van der Waals surface area contributed by atoms with Gasteiger partial charge in [0.1, 0.15) is 17.1 Å². The number of furan rings is 1. The van der Waals surface area contributed by atoms with Gasteiger partial charge in [-0.3, -0.25) is 4.98 Å². The van der Waals surface area contributed by atoms with Crippen molar-refractivity contribution in [3.05, 3.63) is 206 Å². The van der Waals surface area contributed by atoms with Gasteiger partial charge in [-0.1, -0.05) is 154 Å². The molecule has 7 aromatic carbocycles. The number of para-hydroxylation sites is 1. The van der Waals surface area contributed by atoms with Crippen molar-refractivity contribution in [1.29, 1.82) is 0 Å². The van der Waals surface area contributed by atoms with E-state index < -0.39 is 11.7 Å². The van der Waals surface area contributed by atoms with Gasteiger partial charge in [0.2, 0.25) is 0 Å². The summed E-state index contributed by atoms with van der Waals surface area (Å²) in [7, 11) is 3.78. The number of rotatable bonds is 7. The molecule has 0 saturated heterocycles. The Morgan fingerprint density at radius 1 is 0.615 bits per heavy atom. The Balaban J connectivity index is 0.000000255. The predicted molar refractivity (Wildman–Crippen MR) is 252 cm³/mol. The van der Waals surface area contributed by atoms with E-state index in [0.29, 0.717) is 28.9 Å². The molecule has 0 aliphatic heterocycles. The van der Waals surface area contributed by atoms with Gasteiger partial charge in [-0.2, -0.15) is 31.7 Å². The number of benzene rings is 7. The number of fused-ring (bicyclic) bond motifs is 4. The second kappa shape index (κ2) is 18.3. The first-order chi connectivity index (χ1) is 30.9. The molecule has 4 nitrogen and oxygen atoms in total. The summed E-state index contributed by atoms with van der Waals surface area (Å²) in [6.07, 6.45) is -2.62. The normalized spacial score (nSPS) is 11.6. The zero-order chi connectivity index (χ0) is 44.7. The summed E-state index contributed by atoms with van der Waals surface area (Å²) < 4.78 is 52.5. The largest absolute Gasteiger partial charge is 3.00 e. The third-order valence-electron chi connectivity index (χ3n) is 11.6. The number of oxazole rings is 1. The first-order valence-corrected chi connectivity index (χ1v) is 21.3. The Labute approximate surface area is 390 Å². The van der Waals surface area contributed by atoms with E-state index in [1.165, 1.54) is 33.9 Å². The molecule has 0 aliphatic rings. The number of halogens is 3. The molecule has 0 N–H and O–H groups in total. The third-order valence-corrected chi connectivity index (χ3v) is 11.6. The molecule has 324 valence electrons. The maximum absolute atomic E-state index is 12.5. The zero-order valence-electron chi connectivity index (χ0n) is 36.3. The smallest absolute Gasteiger partial charge is 0.500 e. The molecule has 0 radical (unpaired) electrons. The van der Waals surface area contributed by atoms with E-state index >= 15 is 0 Å². The van der Waals surface area contributed by atoms with Gasteiger partial charge in [0.15, 0.2) is 0 Å². The maximum atomic E-state index is 12.5. The summed E-state index contributed by atoms with van der Waals surface area (Å²) in [5, 5.41) is 2.08. The summed E-state index contributed by atoms with van der Waals surface area (Å²) in [5.41, 5.74) is 14.5. The van der Waals surface area contributed by atoms with Crippen LogP contribution in [0.4, 0.5) is 13.2 Å². The quantitative estimate of drug-likeness (QED) is 0.118. The number of nitrogens with zero attached hydrogens (tertiary/aromatic N) is 2. The van der Waals surface area contributed by atoms with Gasteiger partial charge in [0, 0.05) is 18.0 Å². The fraction of sp³-hybridized carbons (Fsp3) is 0.123. The molecule has 0 atom stereocenters. The molecule has 0 fully saturated rings. The van der Waals surface area contributed by atoms with E-state index in [4.69, 9.17) is 13.8 Å². The first kappa shape index (κ1) is 44.7. The van der Waals surface area contributed by atoms with E-state index in [2.05, 4.69) is 151 Å². The molecule has 0 spiro atoms. The average Bonchev–Trinajstić information content (AvgIpc) is 3.91. The van der Waals surface area contributed by atoms with Crippen molar-refractivity contribution >= 4 is 33.0 Å². The van der Waals surface area contributed by atoms with Crippen LogP contribution in [-0.4, -0.2) is 4.98 Å². The Morgan fingerprint density at radius 2 is 1.28 bits per heavy atom. The van der Waals surface area contributed by atoms with Crippen LogP contribution in [0.15, 0.2) is 173 Å². The van der Waals surface area contributed by atoms with Crippen molar-refractivity contribution in [2.45, 2.75) is 45.7 Å². The van der Waals surface area contributed by atoms with Gasteiger partial charge < -0.3 is 13.4 Å². The molecule has 0 unspecified atom stereocenters. The van der Waals surface area contributed by atoms with Crippen molar-refractivity contribution in [3.63, 3.8) is 0 Å². The number of alkyl halides is 3. The van der Waals surface area contributed by atoms with Gasteiger partial charge in [-0.05, 0) is 74.0 Å². The second-order valence-corrected chi connectivity index (χ2v) is 16.6. The predicted octanol–water partition coefficient (Wildman–Crippen LogP) is 15.9. The van der Waals surface area contributed by atoms with Crippen molar-refractivity contribution < 1.29 is 46.7 Å². The molecule has 0 saturated carbocycles. The summed E-state index contributed by atoms with van der Waals surface area (Å²) in [5.74, 6) is 1.13. The summed E-state index contributed by atoms with van der Waals surface area (Å²) in [6.45, 7) is 12.7. The van der Waals surface area contributed by atoms with Crippen LogP contribution in [0, 0.1) is 20.0 Å². The second-order valence-electron chi connectivity index (χ2n) is 16.6. The molecule has 65 heavy (non-hydrogen) atoms. The summed E-state index contributed by atoms with van der Waals surface area (Å²) in [4.78, 5) is 5.01. The van der Waals surface area contributed by atoms with Gasteiger partial charge in [0.05, 0.1) is 23.0 Å². The van der Waals surface area contributed by atoms with E-state index in [1.807, 2.05) is 18.2 Å². The van der Waals surface area contributed by atoms with Crippen molar-refractivity contribution in [1.82, 2.24) is 4.98 Å². The van der Waals surface area contributed by atoms with Crippen LogP contribution in [-0.2, 0) is 26.3 Å². The van der Waals surface area contributed by atoms with Crippen LogP contribution in [0.3, 0.4) is 0 Å². The van der Waals surface area contributed by atoms with Crippen LogP contribution in [0.25, 0.3) is 89.1 Å². The standard InChI is InChI=1S/C43H34NO2.C14H11F3N.Ir/c1-26(2)36-23-31(29-15-9-6-10-16-29)24-37(27(3)4)40(36)34-18-12-20-38-42(34)46-43(44-38)35-19-11-17-33-32-22-21-30(25-39(32)45-41(33)35)28-13-7-5-8-14-28;1-10-9-11(14(15,16)17)6-7-12(10)13-5-3-4-8-18(13)2;/h5-18,20-27H,1-4H3;3-9H,1-2H2;/q2*-1;+3. The molecule has 3 heterocycles. The monoisotopic (exact) mass is 1040 g/mol. The zero-order valence-corrected chi connectivity index (χ0v) is 38.7. The van der Waals surface area contributed by atoms with Crippen LogP contribution in [0.1, 0.15) is 61.8 Å². The molecule has 0 aliphatic carbocycles. The number of aromatic nitrogens is 2. The fourth-order valence-electron chi connectivity index (χ4n) is 8.41. The van der Waals surface area contributed by atoms with Crippen molar-refractivity contribution in [2.75, 3.05) is 0 Å². The minimum absolute atomic E-state index is 0. The van der Waals surface area contributed by atoms with Gasteiger partial charge >= 0.3 is 26.3 Å². The SMILES string of the molecule is CC(C)c1cc(-c2ccccc2)cc(C(C)C)c1-c1cccc2nc(-c3[c-]ccc4c3oc3cc(-c5ccccc5)ccc34)oc12.[CH2-]c1cc(C(F)(F)F)ccc1-c1cccc[n+]1[CH2-].[Ir+3]. The Hall–Kier alpha value is -6.86. The number of pyridine rings is 1. The van der Waals surface area contributed by atoms with Crippen LogP contribution in [0.5, 0.6) is 0 Å². The molecule has 3 aromatic heterocycles. The summed E-state index contributed by atoms with van der Waals surface area (Å²) >= 11 is 0. The van der Waals surface area contributed by atoms with Gasteiger partial charge in [-0.15, -0.1) is 29.8 Å². The fourth-order valence-corrected chi connectivity index (χ4v) is 8.41. The van der Waals surface area contributed by atoms with Crippen molar-refractivity contribution in [3.8, 4) is 56.1 Å². The molecule has 0 bridgehead atoms. The number of hydrogen-bond donors (Lipinski definition) is 0. The van der Waals surface area contributed by atoms with E-state index in [0.717, 1.165) is 73.1 Å². The Bertz CT molecular complexity index is 3270. The molecular formula is C57H45F3IrN2O2+. The van der Waals surface area contributed by atoms with E-state index in [9.17, 15) is 13.2 Å². The van der Waals surface area contributed by atoms with E-state index in [1.54, 1.807) is 29.0 Å². The summed E-state index contributed by atoms with van der Waals surface area (Å²) in [6, 6.07) is 54.7. The average molecular weight is 1040 g/mol. The minimum Gasteiger partial charge on any atom is -0.500 e. The van der Waals surface area contributed by atoms with Crippen molar-refractivity contribution in [2.24, 2.45) is 0 Å². The Morgan fingerprint density at radius 3 is 1.91 bits per heavy atom. The molecule has 0 amide bonds. The van der Waals surface area contributed by atoms with E-state index in [-0.39, 0.29) is 20.1 Å². The Kier molecular flexibility index (Phi) is 12.6. The van der Waals surface area contributed by atoms with Gasteiger partial charge in [-0.25, -0.2) is 0 Å². The third kappa shape index (κ3) is 8.85. The van der Waals surface area contributed by atoms with Crippen LogP contribution < -0.4 is 4.57 Å². The number of hydrogen-bond acceptors (Lipinski definition) is 3. The molecule has 10 aromatic rings. The topological polar surface area (TPSA) is 43.1 Å². The molecule has 10 rings (SSSR count). The maximum Gasteiger partial charge on any atom is 3.00 e. The van der Waals surface area contributed by atoms with Crippen LogP contribution in [0.2, 0.25) is 0 Å². The van der Waals surface area contributed by atoms with Gasteiger partial charge in [0.25, 0.3) is 0 Å². The first-order valence-electron chi connectivity index (χ1n) is 21.3. The minimum atomic E-state index is -4.35. The molecular weight excluding hydrogens is 994 g/mol. The van der Waals surface area contributed by atoms with Crippen LogP contribution >= 0.6 is 0 Å².